The Hall–Kier alpha value is -3.28. The Morgan fingerprint density at radius 1 is 1.08 bits per heavy atom. The van der Waals surface area contributed by atoms with Crippen molar-refractivity contribution in [1.29, 1.82) is 0 Å². The van der Waals surface area contributed by atoms with Gasteiger partial charge in [0.2, 0.25) is 0 Å². The summed E-state index contributed by atoms with van der Waals surface area (Å²) in [6.07, 6.45) is 1.77. The molecule has 122 valence electrons. The van der Waals surface area contributed by atoms with Gasteiger partial charge in [-0.25, -0.2) is 0 Å². The van der Waals surface area contributed by atoms with Gasteiger partial charge in [-0.05, 0) is 36.4 Å². The molecule has 0 aliphatic heterocycles. The van der Waals surface area contributed by atoms with Gasteiger partial charge in [0.15, 0.2) is 5.82 Å². The molecule has 1 amide bonds. The monoisotopic (exact) mass is 322 g/mol. The molecule has 3 rings (SSSR count). The topological polar surface area (TPSA) is 68.2 Å². The van der Waals surface area contributed by atoms with Crippen molar-refractivity contribution in [2.75, 3.05) is 17.7 Å². The number of para-hydroxylation sites is 1. The number of hydrogen-bond donors (Lipinski definition) is 2. The summed E-state index contributed by atoms with van der Waals surface area (Å²) < 4.78 is 6.78. The first-order valence-corrected chi connectivity index (χ1v) is 7.47. The molecule has 0 saturated carbocycles. The van der Waals surface area contributed by atoms with E-state index in [4.69, 9.17) is 4.74 Å². The van der Waals surface area contributed by atoms with Crippen LogP contribution in [0, 0.1) is 0 Å². The molecule has 0 spiro atoms. The van der Waals surface area contributed by atoms with Gasteiger partial charge < -0.3 is 15.4 Å². The number of nitrogens with one attached hydrogen (secondary N) is 2. The molecule has 0 radical (unpaired) electrons. The van der Waals surface area contributed by atoms with Crippen molar-refractivity contribution in [3.8, 4) is 5.75 Å². The third kappa shape index (κ3) is 3.55. The number of anilines is 3. The molecule has 0 unspecified atom stereocenters. The normalized spacial score (nSPS) is 10.2. The molecule has 6 nitrogen and oxygen atoms in total. The average molecular weight is 322 g/mol. The van der Waals surface area contributed by atoms with Gasteiger partial charge in [0, 0.05) is 25.0 Å². The third-order valence-corrected chi connectivity index (χ3v) is 3.50. The summed E-state index contributed by atoms with van der Waals surface area (Å²) >= 11 is 0. The number of aromatic nitrogens is 2. The van der Waals surface area contributed by atoms with Crippen LogP contribution in [0.15, 0.2) is 60.8 Å². The maximum atomic E-state index is 12.5. The van der Waals surface area contributed by atoms with Crippen molar-refractivity contribution in [3.05, 3.63) is 66.4 Å². The summed E-state index contributed by atoms with van der Waals surface area (Å²) in [6, 6.07) is 16.6. The van der Waals surface area contributed by atoms with Crippen LogP contribution in [0.25, 0.3) is 0 Å². The molecule has 24 heavy (non-hydrogen) atoms. The second kappa shape index (κ2) is 6.87. The molecule has 2 N–H and O–H groups in total. The lowest BCUT2D eigenvalue weighted by atomic mass is 10.1. The lowest BCUT2D eigenvalue weighted by molar-refractivity contribution is 0.102. The van der Waals surface area contributed by atoms with Crippen LogP contribution in [0.2, 0.25) is 0 Å². The summed E-state index contributed by atoms with van der Waals surface area (Å²) in [5, 5.41) is 10.2. The second-order valence-electron chi connectivity index (χ2n) is 5.23. The van der Waals surface area contributed by atoms with Crippen LogP contribution >= 0.6 is 0 Å². The van der Waals surface area contributed by atoms with E-state index in [9.17, 15) is 4.79 Å². The lowest BCUT2D eigenvalue weighted by Gasteiger charge is -2.12. The Labute approximate surface area is 140 Å². The number of carbonyl (C=O) groups excluding carboxylic acids is 1. The van der Waals surface area contributed by atoms with Crippen molar-refractivity contribution in [3.63, 3.8) is 0 Å². The van der Waals surface area contributed by atoms with E-state index >= 15 is 0 Å². The maximum Gasteiger partial charge on any atom is 0.258 e. The Kier molecular flexibility index (Phi) is 4.47. The minimum absolute atomic E-state index is 0.217. The van der Waals surface area contributed by atoms with E-state index in [1.807, 2.05) is 42.5 Å². The molecule has 0 bridgehead atoms. The summed E-state index contributed by atoms with van der Waals surface area (Å²) in [5.74, 6) is 1.08. The molecular weight excluding hydrogens is 304 g/mol. The molecule has 1 aromatic heterocycles. The molecule has 1 heterocycles. The maximum absolute atomic E-state index is 12.5. The van der Waals surface area contributed by atoms with E-state index in [0.29, 0.717) is 11.4 Å². The van der Waals surface area contributed by atoms with Crippen molar-refractivity contribution >= 4 is 23.1 Å². The van der Waals surface area contributed by atoms with Crippen LogP contribution in [-0.4, -0.2) is 22.8 Å². The zero-order chi connectivity index (χ0) is 16.9. The molecule has 0 atom stereocenters. The number of ether oxygens (including phenoxy) is 1. The molecule has 0 fully saturated rings. The van der Waals surface area contributed by atoms with Crippen LogP contribution in [0.1, 0.15) is 10.4 Å². The van der Waals surface area contributed by atoms with Crippen molar-refractivity contribution in [2.24, 2.45) is 7.05 Å². The van der Waals surface area contributed by atoms with Crippen LogP contribution in [0.3, 0.4) is 0 Å². The smallest absolute Gasteiger partial charge is 0.258 e. The highest BCUT2D eigenvalue weighted by Gasteiger charge is 2.12. The molecule has 0 aliphatic rings. The van der Waals surface area contributed by atoms with E-state index in [1.54, 1.807) is 37.2 Å². The van der Waals surface area contributed by atoms with Gasteiger partial charge in [-0.2, -0.15) is 5.10 Å². The molecule has 3 aromatic rings. The van der Waals surface area contributed by atoms with Gasteiger partial charge in [0.05, 0.1) is 18.4 Å². The zero-order valence-electron chi connectivity index (χ0n) is 13.5. The fourth-order valence-electron chi connectivity index (χ4n) is 2.29. The number of hydrogen-bond acceptors (Lipinski definition) is 4. The number of rotatable bonds is 5. The molecule has 2 aromatic carbocycles. The predicted molar refractivity (Wildman–Crippen MR) is 93.9 cm³/mol. The number of carbonyl (C=O) groups is 1. The number of methoxy groups -OCH3 is 1. The van der Waals surface area contributed by atoms with E-state index in [0.717, 1.165) is 17.1 Å². The third-order valence-electron chi connectivity index (χ3n) is 3.50. The van der Waals surface area contributed by atoms with E-state index < -0.39 is 0 Å². The van der Waals surface area contributed by atoms with Crippen molar-refractivity contribution < 1.29 is 9.53 Å². The number of benzene rings is 2. The average Bonchev–Trinajstić information content (AvgIpc) is 3.01. The highest BCUT2D eigenvalue weighted by molar-refractivity contribution is 6.08. The number of nitrogens with zero attached hydrogens (tertiary/aromatic N) is 2. The Morgan fingerprint density at radius 3 is 2.50 bits per heavy atom. The second-order valence-corrected chi connectivity index (χ2v) is 5.23. The Balaban J connectivity index is 1.80. The van der Waals surface area contributed by atoms with Gasteiger partial charge in [0.25, 0.3) is 5.91 Å². The van der Waals surface area contributed by atoms with Gasteiger partial charge in [-0.1, -0.05) is 12.1 Å². The summed E-state index contributed by atoms with van der Waals surface area (Å²) in [4.78, 5) is 12.5. The lowest BCUT2D eigenvalue weighted by Crippen LogP contribution is -2.14. The van der Waals surface area contributed by atoms with E-state index in [2.05, 4.69) is 15.7 Å². The highest BCUT2D eigenvalue weighted by atomic mass is 16.5. The van der Waals surface area contributed by atoms with Gasteiger partial charge >= 0.3 is 0 Å². The molecule has 0 saturated heterocycles. The van der Waals surface area contributed by atoms with E-state index in [1.165, 1.54) is 0 Å². The van der Waals surface area contributed by atoms with Crippen LogP contribution in [0.4, 0.5) is 17.2 Å². The zero-order valence-corrected chi connectivity index (χ0v) is 13.5. The SMILES string of the molecule is COc1ccc(Nc2ccccc2C(=O)Nc2ccn(C)n2)cc1. The predicted octanol–water partition coefficient (Wildman–Crippen LogP) is 3.42. The largest absolute Gasteiger partial charge is 0.497 e. The summed E-state index contributed by atoms with van der Waals surface area (Å²) in [5.41, 5.74) is 2.13. The van der Waals surface area contributed by atoms with Crippen LogP contribution in [-0.2, 0) is 7.05 Å². The first kappa shape index (κ1) is 15.6. The number of amides is 1. The standard InChI is InChI=1S/C18H18N4O2/c1-22-12-11-17(21-22)20-18(23)15-5-3-4-6-16(15)19-13-7-9-14(24-2)10-8-13/h3-12,19H,1-2H3,(H,20,21,23). The van der Waals surface area contributed by atoms with Gasteiger partial charge in [-0.15, -0.1) is 0 Å². The Morgan fingerprint density at radius 2 is 1.83 bits per heavy atom. The fraction of sp³-hybridized carbons (Fsp3) is 0.111. The highest BCUT2D eigenvalue weighted by Crippen LogP contribution is 2.23. The minimum atomic E-state index is -0.217. The molecule has 6 heteroatoms. The van der Waals surface area contributed by atoms with Crippen LogP contribution < -0.4 is 15.4 Å². The molecular formula is C18H18N4O2. The fourth-order valence-corrected chi connectivity index (χ4v) is 2.29. The van der Waals surface area contributed by atoms with Crippen molar-refractivity contribution in [1.82, 2.24) is 9.78 Å². The number of aryl methyl sites for hydroxylation is 1. The first-order chi connectivity index (χ1) is 11.7. The summed E-state index contributed by atoms with van der Waals surface area (Å²) in [7, 11) is 3.43. The minimum Gasteiger partial charge on any atom is -0.497 e. The van der Waals surface area contributed by atoms with Gasteiger partial charge in [-0.3, -0.25) is 9.48 Å². The summed E-state index contributed by atoms with van der Waals surface area (Å²) in [6.45, 7) is 0. The first-order valence-electron chi connectivity index (χ1n) is 7.47. The molecule has 0 aliphatic carbocycles. The van der Waals surface area contributed by atoms with Crippen LogP contribution in [0.5, 0.6) is 5.75 Å². The Bertz CT molecular complexity index is 840. The van der Waals surface area contributed by atoms with E-state index in [-0.39, 0.29) is 5.91 Å². The van der Waals surface area contributed by atoms with Gasteiger partial charge in [0.1, 0.15) is 5.75 Å². The van der Waals surface area contributed by atoms with Crippen molar-refractivity contribution in [2.45, 2.75) is 0 Å². The quantitative estimate of drug-likeness (QED) is 0.755.